The lowest BCUT2D eigenvalue weighted by molar-refractivity contribution is -0.290. The predicted octanol–water partition coefficient (Wildman–Crippen LogP) is 2.88. The van der Waals surface area contributed by atoms with E-state index >= 15 is 0 Å². The first kappa shape index (κ1) is 12.3. The van der Waals surface area contributed by atoms with Crippen molar-refractivity contribution in [3.8, 4) is 0 Å². The van der Waals surface area contributed by atoms with E-state index < -0.39 is 0 Å². The molecule has 0 N–H and O–H groups in total. The van der Waals surface area contributed by atoms with E-state index in [0.717, 1.165) is 45.3 Å². The van der Waals surface area contributed by atoms with Gasteiger partial charge in [-0.3, -0.25) is 0 Å². The lowest BCUT2D eigenvalue weighted by Gasteiger charge is -2.48. The van der Waals surface area contributed by atoms with E-state index in [-0.39, 0.29) is 17.5 Å². The molecule has 2 atom stereocenters. The quantitative estimate of drug-likeness (QED) is 0.727. The molecule has 0 aliphatic carbocycles. The van der Waals surface area contributed by atoms with Crippen LogP contribution in [0.2, 0.25) is 0 Å². The van der Waals surface area contributed by atoms with Crippen molar-refractivity contribution in [1.29, 1.82) is 0 Å². The van der Waals surface area contributed by atoms with Crippen molar-refractivity contribution in [3.63, 3.8) is 0 Å². The molecule has 1 spiro atoms. The highest BCUT2D eigenvalue weighted by Gasteiger charge is 2.45. The van der Waals surface area contributed by atoms with E-state index in [1.54, 1.807) is 0 Å². The van der Waals surface area contributed by atoms with E-state index in [2.05, 4.69) is 20.8 Å². The van der Waals surface area contributed by atoms with Gasteiger partial charge in [0.15, 0.2) is 6.29 Å². The van der Waals surface area contributed by atoms with Gasteiger partial charge in [0.25, 0.3) is 0 Å². The number of hydrogen-bond acceptors (Lipinski definition) is 3. The summed E-state index contributed by atoms with van der Waals surface area (Å²) in [6.07, 6.45) is 5.14. The van der Waals surface area contributed by atoms with Gasteiger partial charge in [-0.25, -0.2) is 0 Å². The van der Waals surface area contributed by atoms with Crippen molar-refractivity contribution in [2.45, 2.75) is 70.4 Å². The summed E-state index contributed by atoms with van der Waals surface area (Å²) in [6.45, 7) is 8.12. The zero-order valence-electron chi connectivity index (χ0n) is 10.8. The molecule has 0 aromatic carbocycles. The fourth-order valence-corrected chi connectivity index (χ4v) is 2.87. The van der Waals surface area contributed by atoms with Crippen molar-refractivity contribution in [3.05, 3.63) is 0 Å². The van der Waals surface area contributed by atoms with Gasteiger partial charge in [-0.2, -0.15) is 0 Å². The van der Waals surface area contributed by atoms with Crippen molar-refractivity contribution < 1.29 is 14.2 Å². The maximum atomic E-state index is 6.19. The average molecular weight is 228 g/mol. The van der Waals surface area contributed by atoms with Crippen LogP contribution in [0.25, 0.3) is 0 Å². The van der Waals surface area contributed by atoms with E-state index in [0.29, 0.717) is 0 Å². The fourth-order valence-electron chi connectivity index (χ4n) is 2.87. The third-order valence-corrected chi connectivity index (χ3v) is 3.57. The number of rotatable bonds is 2. The van der Waals surface area contributed by atoms with Gasteiger partial charge in [0.1, 0.15) is 0 Å². The van der Waals surface area contributed by atoms with Gasteiger partial charge in [-0.1, -0.05) is 13.3 Å². The summed E-state index contributed by atoms with van der Waals surface area (Å²) >= 11 is 0. The molecule has 2 fully saturated rings. The number of ether oxygens (including phenoxy) is 3. The summed E-state index contributed by atoms with van der Waals surface area (Å²) in [7, 11) is 0. The molecule has 0 aromatic heterocycles. The first-order valence-electron chi connectivity index (χ1n) is 6.49. The topological polar surface area (TPSA) is 27.7 Å². The van der Waals surface area contributed by atoms with Gasteiger partial charge < -0.3 is 14.2 Å². The molecular formula is C13H24O3. The molecule has 2 saturated heterocycles. The van der Waals surface area contributed by atoms with Gasteiger partial charge >= 0.3 is 0 Å². The summed E-state index contributed by atoms with van der Waals surface area (Å²) in [6, 6.07) is 0. The first-order valence-corrected chi connectivity index (χ1v) is 6.49. The first-order chi connectivity index (χ1) is 7.55. The zero-order valence-corrected chi connectivity index (χ0v) is 10.8. The molecule has 0 unspecified atom stereocenters. The Kier molecular flexibility index (Phi) is 3.57. The molecule has 2 rings (SSSR count). The summed E-state index contributed by atoms with van der Waals surface area (Å²) in [5.41, 5.74) is -0.0355. The maximum absolute atomic E-state index is 6.19. The van der Waals surface area contributed by atoms with Crippen molar-refractivity contribution in [2.75, 3.05) is 13.2 Å². The van der Waals surface area contributed by atoms with Gasteiger partial charge in [0, 0.05) is 19.3 Å². The van der Waals surface area contributed by atoms with Crippen LogP contribution in [0.3, 0.4) is 0 Å². The Hall–Kier alpha value is -0.120. The second-order valence-electron chi connectivity index (χ2n) is 5.67. The Morgan fingerprint density at radius 3 is 2.62 bits per heavy atom. The van der Waals surface area contributed by atoms with Gasteiger partial charge in [0.05, 0.1) is 24.4 Å². The smallest absolute Gasteiger partial charge is 0.158 e. The Labute approximate surface area is 98.4 Å². The maximum Gasteiger partial charge on any atom is 0.158 e. The number of hydrogen-bond donors (Lipinski definition) is 0. The van der Waals surface area contributed by atoms with Crippen LogP contribution >= 0.6 is 0 Å². The normalized spacial score (nSPS) is 38.8. The van der Waals surface area contributed by atoms with Crippen LogP contribution in [0, 0.1) is 0 Å². The average Bonchev–Trinajstić information content (AvgIpc) is 2.16. The zero-order chi connectivity index (χ0) is 11.6. The molecule has 16 heavy (non-hydrogen) atoms. The van der Waals surface area contributed by atoms with E-state index in [1.165, 1.54) is 0 Å². The van der Waals surface area contributed by atoms with Crippen LogP contribution in [0.4, 0.5) is 0 Å². The van der Waals surface area contributed by atoms with E-state index in [9.17, 15) is 0 Å². The lowest BCUT2D eigenvalue weighted by Crippen LogP contribution is -2.52. The second kappa shape index (κ2) is 4.63. The molecule has 2 aliphatic rings. The molecule has 2 aliphatic heterocycles. The van der Waals surface area contributed by atoms with Gasteiger partial charge in [-0.05, 0) is 20.3 Å². The molecule has 0 saturated carbocycles. The molecular weight excluding hydrogens is 204 g/mol. The summed E-state index contributed by atoms with van der Waals surface area (Å²) in [4.78, 5) is 0. The predicted molar refractivity (Wildman–Crippen MR) is 62.3 cm³/mol. The molecule has 2 heterocycles. The minimum atomic E-state index is -0.0493. The highest BCUT2D eigenvalue weighted by molar-refractivity contribution is 4.93. The summed E-state index contributed by atoms with van der Waals surface area (Å²) in [5.74, 6) is 0. The van der Waals surface area contributed by atoms with Crippen LogP contribution < -0.4 is 0 Å². The van der Waals surface area contributed by atoms with Crippen molar-refractivity contribution in [2.24, 2.45) is 0 Å². The molecule has 0 amide bonds. The fraction of sp³-hybridized carbons (Fsp3) is 1.00. The molecule has 0 bridgehead atoms. The second-order valence-corrected chi connectivity index (χ2v) is 5.67. The van der Waals surface area contributed by atoms with Gasteiger partial charge in [0.2, 0.25) is 0 Å². The SMILES string of the molecule is CCC[C@H]1OCC[C@@]2(CCOC(C)(C)C2)O1. The lowest BCUT2D eigenvalue weighted by atomic mass is 9.81. The Morgan fingerprint density at radius 2 is 1.94 bits per heavy atom. The van der Waals surface area contributed by atoms with Crippen LogP contribution in [-0.4, -0.2) is 30.7 Å². The standard InChI is InChI=1S/C13H24O3/c1-4-5-11-14-8-6-13(16-11)7-9-15-12(2,3)10-13/h11H,4-10H2,1-3H3/t11-,13-/m0/s1. The molecule has 94 valence electrons. The summed E-state index contributed by atoms with van der Waals surface area (Å²) < 4.78 is 17.6. The highest BCUT2D eigenvalue weighted by atomic mass is 16.7. The monoisotopic (exact) mass is 228 g/mol. The Balaban J connectivity index is 2.00. The third kappa shape index (κ3) is 2.76. The van der Waals surface area contributed by atoms with Crippen molar-refractivity contribution in [1.82, 2.24) is 0 Å². The van der Waals surface area contributed by atoms with E-state index in [4.69, 9.17) is 14.2 Å². The Morgan fingerprint density at radius 1 is 1.19 bits per heavy atom. The van der Waals surface area contributed by atoms with Gasteiger partial charge in [-0.15, -0.1) is 0 Å². The molecule has 3 heteroatoms. The Bertz CT molecular complexity index is 233. The van der Waals surface area contributed by atoms with Crippen LogP contribution in [0.1, 0.15) is 52.9 Å². The third-order valence-electron chi connectivity index (χ3n) is 3.57. The minimum absolute atomic E-state index is 0.00708. The molecule has 0 radical (unpaired) electrons. The van der Waals surface area contributed by atoms with Crippen LogP contribution in [-0.2, 0) is 14.2 Å². The molecule has 3 nitrogen and oxygen atoms in total. The van der Waals surface area contributed by atoms with Crippen LogP contribution in [0.5, 0.6) is 0 Å². The van der Waals surface area contributed by atoms with E-state index in [1.807, 2.05) is 0 Å². The highest BCUT2D eigenvalue weighted by Crippen LogP contribution is 2.40. The minimum Gasteiger partial charge on any atom is -0.375 e. The van der Waals surface area contributed by atoms with Crippen LogP contribution in [0.15, 0.2) is 0 Å². The molecule has 0 aromatic rings. The van der Waals surface area contributed by atoms with Crippen molar-refractivity contribution >= 4 is 0 Å². The summed E-state index contributed by atoms with van der Waals surface area (Å²) in [5, 5.41) is 0. The largest absolute Gasteiger partial charge is 0.375 e.